The molecule has 4 rings (SSSR count). The Labute approximate surface area is 193 Å². The third kappa shape index (κ3) is 4.62. The molecule has 0 aliphatic rings. The molecule has 4 aromatic rings. The number of amides is 2. The van der Waals surface area contributed by atoms with Crippen molar-refractivity contribution in [3.05, 3.63) is 72.4 Å². The van der Waals surface area contributed by atoms with E-state index in [4.69, 9.17) is 14.6 Å². The Morgan fingerprint density at radius 1 is 0.879 bits per heavy atom. The Bertz CT molecular complexity index is 1290. The third-order valence-corrected chi connectivity index (χ3v) is 5.39. The lowest BCUT2D eigenvalue weighted by Crippen LogP contribution is -2.21. The zero-order valence-electron chi connectivity index (χ0n) is 19.5. The zero-order valence-corrected chi connectivity index (χ0v) is 19.5. The number of urea groups is 1. The lowest BCUT2D eigenvalue weighted by Gasteiger charge is -2.14. The van der Waals surface area contributed by atoms with Crippen LogP contribution in [0.25, 0.3) is 16.5 Å². The van der Waals surface area contributed by atoms with Crippen molar-refractivity contribution >= 4 is 28.3 Å². The number of carbonyl (C=O) groups is 1. The number of methoxy groups -OCH3 is 2. The number of carbonyl (C=O) groups excluding carboxylic acids is 1. The van der Waals surface area contributed by atoms with Gasteiger partial charge in [0.2, 0.25) is 0 Å². The molecule has 3 aromatic carbocycles. The first-order valence-corrected chi connectivity index (χ1v) is 10.7. The number of ether oxygens (including phenoxy) is 2. The quantitative estimate of drug-likeness (QED) is 0.397. The minimum atomic E-state index is -0.361. The number of nitrogens with one attached hydrogen (secondary N) is 2. The molecule has 0 bridgehead atoms. The number of hydrogen-bond donors (Lipinski definition) is 2. The van der Waals surface area contributed by atoms with Crippen molar-refractivity contribution in [2.75, 3.05) is 24.9 Å². The molecule has 1 heterocycles. The number of hydrogen-bond acceptors (Lipinski definition) is 4. The summed E-state index contributed by atoms with van der Waals surface area (Å²) in [5.41, 5.74) is 2.19. The van der Waals surface area contributed by atoms with E-state index in [1.54, 1.807) is 18.9 Å². The minimum Gasteiger partial charge on any atom is -0.497 e. The molecule has 0 atom stereocenters. The maximum Gasteiger partial charge on any atom is 0.324 e. The molecule has 0 spiro atoms. The molecule has 2 N–H and O–H groups in total. The largest absolute Gasteiger partial charge is 0.497 e. The predicted octanol–water partition coefficient (Wildman–Crippen LogP) is 5.98. The second kappa shape index (κ2) is 8.86. The first-order chi connectivity index (χ1) is 15.8. The van der Waals surface area contributed by atoms with Crippen LogP contribution >= 0.6 is 0 Å². The van der Waals surface area contributed by atoms with Crippen LogP contribution in [-0.4, -0.2) is 30.0 Å². The van der Waals surface area contributed by atoms with Gasteiger partial charge >= 0.3 is 6.03 Å². The molecule has 7 heteroatoms. The van der Waals surface area contributed by atoms with E-state index in [-0.39, 0.29) is 11.4 Å². The highest BCUT2D eigenvalue weighted by atomic mass is 16.5. The van der Waals surface area contributed by atoms with E-state index in [2.05, 4.69) is 31.4 Å². The van der Waals surface area contributed by atoms with Crippen LogP contribution in [0.15, 0.2) is 66.7 Å². The second-order valence-electron chi connectivity index (χ2n) is 8.71. The van der Waals surface area contributed by atoms with E-state index in [0.29, 0.717) is 11.5 Å². The van der Waals surface area contributed by atoms with Crippen molar-refractivity contribution in [2.24, 2.45) is 0 Å². The van der Waals surface area contributed by atoms with Crippen molar-refractivity contribution in [1.29, 1.82) is 0 Å². The molecule has 1 aromatic heterocycles. The molecule has 170 valence electrons. The van der Waals surface area contributed by atoms with E-state index < -0.39 is 0 Å². The Balaban J connectivity index is 1.65. The number of benzene rings is 3. The summed E-state index contributed by atoms with van der Waals surface area (Å²) in [4.78, 5) is 13.0. The van der Waals surface area contributed by atoms with Gasteiger partial charge < -0.3 is 14.8 Å². The van der Waals surface area contributed by atoms with Crippen LogP contribution < -0.4 is 20.1 Å². The Morgan fingerprint density at radius 2 is 1.58 bits per heavy atom. The highest BCUT2D eigenvalue weighted by molar-refractivity contribution is 6.07. The van der Waals surface area contributed by atoms with Gasteiger partial charge in [0.15, 0.2) is 0 Å². The maximum absolute atomic E-state index is 13.0. The summed E-state index contributed by atoms with van der Waals surface area (Å²) in [5.74, 6) is 2.07. The number of rotatable bonds is 5. The van der Waals surface area contributed by atoms with Crippen LogP contribution in [0.3, 0.4) is 0 Å². The van der Waals surface area contributed by atoms with Crippen LogP contribution in [-0.2, 0) is 5.41 Å². The predicted molar refractivity (Wildman–Crippen MR) is 132 cm³/mol. The fourth-order valence-corrected chi connectivity index (χ4v) is 3.59. The summed E-state index contributed by atoms with van der Waals surface area (Å²) in [6.45, 7) is 6.25. The monoisotopic (exact) mass is 444 g/mol. The summed E-state index contributed by atoms with van der Waals surface area (Å²) in [6, 6.07) is 20.5. The van der Waals surface area contributed by atoms with Crippen molar-refractivity contribution in [1.82, 2.24) is 9.78 Å². The van der Waals surface area contributed by atoms with Crippen molar-refractivity contribution in [3.8, 4) is 17.2 Å². The van der Waals surface area contributed by atoms with Crippen LogP contribution in [0, 0.1) is 0 Å². The van der Waals surface area contributed by atoms with E-state index in [1.807, 2.05) is 66.7 Å². The smallest absolute Gasteiger partial charge is 0.324 e. The maximum atomic E-state index is 13.0. The summed E-state index contributed by atoms with van der Waals surface area (Å²) in [6.07, 6.45) is 0. The summed E-state index contributed by atoms with van der Waals surface area (Å²) in [5, 5.41) is 12.5. The van der Waals surface area contributed by atoms with Gasteiger partial charge in [-0.05, 0) is 36.4 Å². The molecule has 0 radical (unpaired) electrons. The average molecular weight is 445 g/mol. The molecule has 0 saturated carbocycles. The van der Waals surface area contributed by atoms with E-state index >= 15 is 0 Å². The highest BCUT2D eigenvalue weighted by Gasteiger charge is 2.22. The van der Waals surface area contributed by atoms with Crippen molar-refractivity contribution < 1.29 is 14.3 Å². The normalized spacial score (nSPS) is 11.3. The van der Waals surface area contributed by atoms with Crippen LogP contribution in [0.5, 0.6) is 11.5 Å². The lowest BCUT2D eigenvalue weighted by molar-refractivity contribution is 0.262. The molecule has 0 aliphatic heterocycles. The van der Waals surface area contributed by atoms with Gasteiger partial charge in [-0.3, -0.25) is 5.32 Å². The topological polar surface area (TPSA) is 77.4 Å². The van der Waals surface area contributed by atoms with Gasteiger partial charge in [-0.2, -0.15) is 5.10 Å². The molecule has 0 fully saturated rings. The standard InChI is InChI=1S/C26H28N4O3/c1-26(2,3)23-16-24(30(29-23)17-10-12-18(32-4)13-11-17)28-25(31)27-21-14-15-22(33-5)20-9-7-6-8-19(20)21/h6-16H,1-5H3,(H2,27,28,31). The first kappa shape index (κ1) is 22.2. The SMILES string of the molecule is COc1ccc(-n2nc(C(C)(C)C)cc2NC(=O)Nc2ccc(OC)c3ccccc23)cc1. The molecular weight excluding hydrogens is 416 g/mol. The van der Waals surface area contributed by atoms with Gasteiger partial charge in [0.05, 0.1) is 31.3 Å². The molecular formula is C26H28N4O3. The van der Waals surface area contributed by atoms with Gasteiger partial charge in [0.25, 0.3) is 0 Å². The van der Waals surface area contributed by atoms with Gasteiger partial charge in [-0.15, -0.1) is 0 Å². The molecule has 0 saturated heterocycles. The molecule has 0 aliphatic carbocycles. The van der Waals surface area contributed by atoms with Crippen LogP contribution in [0.1, 0.15) is 26.5 Å². The van der Waals surface area contributed by atoms with Gasteiger partial charge in [-0.25, -0.2) is 9.48 Å². The Kier molecular flexibility index (Phi) is 5.96. The Morgan fingerprint density at radius 3 is 2.21 bits per heavy atom. The Hall–Kier alpha value is -4.00. The molecule has 2 amide bonds. The van der Waals surface area contributed by atoms with Gasteiger partial charge in [0.1, 0.15) is 17.3 Å². The van der Waals surface area contributed by atoms with Crippen molar-refractivity contribution in [2.45, 2.75) is 26.2 Å². The fourth-order valence-electron chi connectivity index (χ4n) is 3.59. The molecule has 0 unspecified atom stereocenters. The lowest BCUT2D eigenvalue weighted by atomic mass is 9.92. The van der Waals surface area contributed by atoms with Crippen LogP contribution in [0.4, 0.5) is 16.3 Å². The van der Waals surface area contributed by atoms with Crippen molar-refractivity contribution in [3.63, 3.8) is 0 Å². The summed E-state index contributed by atoms with van der Waals surface area (Å²) in [7, 11) is 3.26. The number of fused-ring (bicyclic) bond motifs is 1. The van der Waals surface area contributed by atoms with E-state index in [9.17, 15) is 4.79 Å². The van der Waals surface area contributed by atoms with E-state index in [0.717, 1.165) is 33.7 Å². The van der Waals surface area contributed by atoms with E-state index in [1.165, 1.54) is 0 Å². The summed E-state index contributed by atoms with van der Waals surface area (Å²) >= 11 is 0. The number of aromatic nitrogens is 2. The first-order valence-electron chi connectivity index (χ1n) is 10.7. The van der Waals surface area contributed by atoms with Gasteiger partial charge in [-0.1, -0.05) is 45.0 Å². The highest BCUT2D eigenvalue weighted by Crippen LogP contribution is 2.32. The molecule has 33 heavy (non-hydrogen) atoms. The average Bonchev–Trinajstić information content (AvgIpc) is 3.23. The second-order valence-corrected chi connectivity index (χ2v) is 8.71. The minimum absolute atomic E-state index is 0.184. The van der Waals surface area contributed by atoms with Crippen LogP contribution in [0.2, 0.25) is 0 Å². The van der Waals surface area contributed by atoms with Gasteiger partial charge in [0, 0.05) is 22.3 Å². The fraction of sp³-hybridized carbons (Fsp3) is 0.231. The molecule has 7 nitrogen and oxygen atoms in total. The summed E-state index contributed by atoms with van der Waals surface area (Å²) < 4.78 is 12.4. The third-order valence-electron chi connectivity index (χ3n) is 5.39. The number of anilines is 2. The zero-order chi connectivity index (χ0) is 23.6. The number of nitrogens with zero attached hydrogens (tertiary/aromatic N) is 2.